The Balaban J connectivity index is 1.64. The van der Waals surface area contributed by atoms with E-state index in [4.69, 9.17) is 0 Å². The van der Waals surface area contributed by atoms with E-state index in [0.29, 0.717) is 25.9 Å². The van der Waals surface area contributed by atoms with Gasteiger partial charge >= 0.3 is 12.0 Å². The molecule has 2 aliphatic heterocycles. The normalized spacial score (nSPS) is 21.9. The molecule has 0 saturated carbocycles. The summed E-state index contributed by atoms with van der Waals surface area (Å²) in [5.41, 5.74) is 0.0457. The fourth-order valence-electron chi connectivity index (χ4n) is 3.96. The number of likely N-dealkylation sites (tertiary alicyclic amines) is 2. The monoisotopic (exact) mass is 377 g/mol. The summed E-state index contributed by atoms with van der Waals surface area (Å²) in [6.07, 6.45) is 2.99. The third-order valence-corrected chi connectivity index (χ3v) is 6.37. The molecule has 7 nitrogen and oxygen atoms in total. The molecule has 3 amide bonds. The van der Waals surface area contributed by atoms with E-state index in [-0.39, 0.29) is 18.4 Å². The minimum Gasteiger partial charge on any atom is -0.481 e. The molecule has 2 aliphatic rings. The van der Waals surface area contributed by atoms with Crippen molar-refractivity contribution in [3.05, 3.63) is 24.3 Å². The third-order valence-electron chi connectivity index (χ3n) is 5.63. The van der Waals surface area contributed by atoms with Gasteiger partial charge in [-0.15, -0.1) is 11.8 Å². The zero-order valence-corrected chi connectivity index (χ0v) is 15.7. The van der Waals surface area contributed by atoms with Gasteiger partial charge in [-0.05, 0) is 43.4 Å². The SMILES string of the molecule is CSc1ccc(NC(=O)N2CCC3(CC2)[C@H](C(=O)O)CC(=O)N3C)cc1. The van der Waals surface area contributed by atoms with Crippen LogP contribution in [0, 0.1) is 5.92 Å². The number of hydrogen-bond donors (Lipinski definition) is 2. The predicted octanol–water partition coefficient (Wildman–Crippen LogP) is 2.34. The molecule has 2 heterocycles. The van der Waals surface area contributed by atoms with Gasteiger partial charge in [-0.25, -0.2) is 4.79 Å². The van der Waals surface area contributed by atoms with Gasteiger partial charge in [0, 0.05) is 37.1 Å². The van der Waals surface area contributed by atoms with Crippen LogP contribution in [0.15, 0.2) is 29.2 Å². The van der Waals surface area contributed by atoms with E-state index in [9.17, 15) is 19.5 Å². The van der Waals surface area contributed by atoms with E-state index < -0.39 is 17.4 Å². The highest BCUT2D eigenvalue weighted by Crippen LogP contribution is 2.42. The lowest BCUT2D eigenvalue weighted by molar-refractivity contribution is -0.145. The number of rotatable bonds is 3. The molecule has 1 aromatic rings. The van der Waals surface area contributed by atoms with Crippen molar-refractivity contribution in [3.8, 4) is 0 Å². The third kappa shape index (κ3) is 3.25. The summed E-state index contributed by atoms with van der Waals surface area (Å²) in [5, 5.41) is 12.4. The molecule has 0 bridgehead atoms. The van der Waals surface area contributed by atoms with Crippen molar-refractivity contribution in [2.24, 2.45) is 5.92 Å². The first-order valence-corrected chi connectivity index (χ1v) is 9.79. The number of carbonyl (C=O) groups excluding carboxylic acids is 2. The summed E-state index contributed by atoms with van der Waals surface area (Å²) >= 11 is 1.63. The van der Waals surface area contributed by atoms with Crippen molar-refractivity contribution < 1.29 is 19.5 Å². The van der Waals surface area contributed by atoms with Crippen LogP contribution in [0.1, 0.15) is 19.3 Å². The topological polar surface area (TPSA) is 90.0 Å². The van der Waals surface area contributed by atoms with Crippen molar-refractivity contribution in [1.29, 1.82) is 0 Å². The van der Waals surface area contributed by atoms with Gasteiger partial charge in [-0.2, -0.15) is 0 Å². The van der Waals surface area contributed by atoms with Gasteiger partial charge in [0.25, 0.3) is 0 Å². The van der Waals surface area contributed by atoms with Gasteiger partial charge in [0.05, 0.1) is 11.5 Å². The van der Waals surface area contributed by atoms with Crippen molar-refractivity contribution >= 4 is 35.4 Å². The van der Waals surface area contributed by atoms with Crippen molar-refractivity contribution in [2.45, 2.75) is 29.7 Å². The highest BCUT2D eigenvalue weighted by molar-refractivity contribution is 7.98. The van der Waals surface area contributed by atoms with Crippen molar-refractivity contribution in [3.63, 3.8) is 0 Å². The molecule has 140 valence electrons. The fraction of sp³-hybridized carbons (Fsp3) is 0.500. The highest BCUT2D eigenvalue weighted by atomic mass is 32.2. The van der Waals surface area contributed by atoms with Crippen LogP contribution in [-0.2, 0) is 9.59 Å². The number of thioether (sulfide) groups is 1. The molecule has 1 atom stereocenters. The Bertz CT molecular complexity index is 714. The number of aliphatic carboxylic acids is 1. The van der Waals surface area contributed by atoms with Gasteiger partial charge in [-0.3, -0.25) is 9.59 Å². The molecule has 26 heavy (non-hydrogen) atoms. The second kappa shape index (κ2) is 7.19. The Morgan fingerprint density at radius 1 is 1.23 bits per heavy atom. The standard InChI is InChI=1S/C18H23N3O4S/c1-20-15(22)11-14(16(23)24)18(20)7-9-21(10-8-18)17(25)19-12-3-5-13(26-2)6-4-12/h3-6,14H,7-11H2,1-2H3,(H,19,25)(H,23,24)/t14-/m0/s1. The lowest BCUT2D eigenvalue weighted by Crippen LogP contribution is -2.57. The van der Waals surface area contributed by atoms with E-state index in [1.807, 2.05) is 30.5 Å². The van der Waals surface area contributed by atoms with E-state index in [2.05, 4.69) is 5.32 Å². The summed E-state index contributed by atoms with van der Waals surface area (Å²) in [7, 11) is 1.67. The summed E-state index contributed by atoms with van der Waals surface area (Å²) < 4.78 is 0. The van der Waals surface area contributed by atoms with Crippen LogP contribution >= 0.6 is 11.8 Å². The molecule has 2 saturated heterocycles. The highest BCUT2D eigenvalue weighted by Gasteiger charge is 2.55. The van der Waals surface area contributed by atoms with E-state index >= 15 is 0 Å². The number of nitrogens with zero attached hydrogens (tertiary/aromatic N) is 2. The first-order valence-electron chi connectivity index (χ1n) is 8.57. The molecule has 0 radical (unpaired) electrons. The van der Waals surface area contributed by atoms with Crippen LogP contribution in [-0.4, -0.2) is 64.7 Å². The average molecular weight is 377 g/mol. The number of amides is 3. The molecule has 0 aliphatic carbocycles. The molecular weight excluding hydrogens is 354 g/mol. The summed E-state index contributed by atoms with van der Waals surface area (Å²) in [6.45, 7) is 0.853. The lowest BCUT2D eigenvalue weighted by Gasteiger charge is -2.45. The number of hydrogen-bond acceptors (Lipinski definition) is 4. The van der Waals surface area contributed by atoms with Gasteiger partial charge in [0.15, 0.2) is 0 Å². The Kier molecular flexibility index (Phi) is 5.13. The maximum Gasteiger partial charge on any atom is 0.321 e. The van der Waals surface area contributed by atoms with Crippen LogP contribution in [0.3, 0.4) is 0 Å². The summed E-state index contributed by atoms with van der Waals surface area (Å²) in [4.78, 5) is 40.5. The Morgan fingerprint density at radius 3 is 2.38 bits per heavy atom. The molecule has 3 rings (SSSR count). The van der Waals surface area contributed by atoms with Crippen LogP contribution in [0.25, 0.3) is 0 Å². The number of urea groups is 1. The second-order valence-corrected chi connectivity index (χ2v) is 7.68. The first kappa shape index (κ1) is 18.6. The predicted molar refractivity (Wildman–Crippen MR) is 99.3 cm³/mol. The molecule has 1 spiro atoms. The molecule has 0 aromatic heterocycles. The molecule has 2 N–H and O–H groups in total. The molecular formula is C18H23N3O4S. The number of carboxylic acid groups (broad SMARTS) is 1. The maximum atomic E-state index is 12.5. The largest absolute Gasteiger partial charge is 0.481 e. The Morgan fingerprint density at radius 2 is 1.85 bits per heavy atom. The number of anilines is 1. The first-order chi connectivity index (χ1) is 12.4. The van der Waals surface area contributed by atoms with Crippen LogP contribution in [0.4, 0.5) is 10.5 Å². The molecule has 2 fully saturated rings. The Labute approximate surface area is 156 Å². The van der Waals surface area contributed by atoms with Crippen molar-refractivity contribution in [2.75, 3.05) is 31.7 Å². The smallest absolute Gasteiger partial charge is 0.321 e. The average Bonchev–Trinajstić information content (AvgIpc) is 2.88. The fourth-order valence-corrected chi connectivity index (χ4v) is 4.37. The maximum absolute atomic E-state index is 12.5. The molecule has 0 unspecified atom stereocenters. The number of benzene rings is 1. The Hall–Kier alpha value is -2.22. The summed E-state index contributed by atoms with van der Waals surface area (Å²) in [5.74, 6) is -1.78. The van der Waals surface area contributed by atoms with Gasteiger partial charge in [0.2, 0.25) is 5.91 Å². The zero-order chi connectivity index (χ0) is 18.9. The van der Waals surface area contributed by atoms with Crippen LogP contribution in [0.2, 0.25) is 0 Å². The number of carboxylic acids is 1. The zero-order valence-electron chi connectivity index (χ0n) is 14.9. The van der Waals surface area contributed by atoms with Crippen LogP contribution in [0.5, 0.6) is 0 Å². The quantitative estimate of drug-likeness (QED) is 0.789. The molecule has 1 aromatic carbocycles. The number of carbonyl (C=O) groups is 3. The van der Waals surface area contributed by atoms with Crippen molar-refractivity contribution in [1.82, 2.24) is 9.80 Å². The molecule has 8 heteroatoms. The minimum absolute atomic E-state index is 0.0415. The van der Waals surface area contributed by atoms with Gasteiger partial charge in [-0.1, -0.05) is 0 Å². The van der Waals surface area contributed by atoms with E-state index in [1.165, 1.54) is 0 Å². The van der Waals surface area contributed by atoms with E-state index in [1.54, 1.807) is 28.6 Å². The summed E-state index contributed by atoms with van der Waals surface area (Å²) in [6, 6.07) is 7.41. The van der Waals surface area contributed by atoms with Gasteiger partial charge < -0.3 is 20.2 Å². The van der Waals surface area contributed by atoms with Gasteiger partial charge in [0.1, 0.15) is 0 Å². The van der Waals surface area contributed by atoms with Crippen LogP contribution < -0.4 is 5.32 Å². The number of nitrogens with one attached hydrogen (secondary N) is 1. The minimum atomic E-state index is -0.936. The lowest BCUT2D eigenvalue weighted by atomic mass is 9.77. The second-order valence-electron chi connectivity index (χ2n) is 6.80. The number of piperidine rings is 1. The van der Waals surface area contributed by atoms with E-state index in [0.717, 1.165) is 10.6 Å².